The van der Waals surface area contributed by atoms with Crippen LogP contribution in [-0.4, -0.2) is 51.2 Å². The summed E-state index contributed by atoms with van der Waals surface area (Å²) in [5, 5.41) is 13.4. The van der Waals surface area contributed by atoms with Crippen LogP contribution in [0.25, 0.3) is 0 Å². The summed E-state index contributed by atoms with van der Waals surface area (Å²) in [5.41, 5.74) is -0.678. The molecule has 0 heterocycles. The summed E-state index contributed by atoms with van der Waals surface area (Å²) in [6, 6.07) is 0. The second-order valence-electron chi connectivity index (χ2n) is 3.98. The van der Waals surface area contributed by atoms with E-state index in [4.69, 9.17) is 9.47 Å². The van der Waals surface area contributed by atoms with Crippen LogP contribution in [0.1, 0.15) is 12.8 Å². The van der Waals surface area contributed by atoms with Crippen molar-refractivity contribution in [3.05, 3.63) is 0 Å². The molecule has 1 saturated carbocycles. The van der Waals surface area contributed by atoms with E-state index >= 15 is 0 Å². The molecule has 0 amide bonds. The molecule has 1 fully saturated rings. The molecule has 0 radical (unpaired) electrons. The predicted molar refractivity (Wildman–Crippen MR) is 54.3 cm³/mol. The van der Waals surface area contributed by atoms with E-state index in [2.05, 4.69) is 5.32 Å². The molecular weight excluding hydrogens is 182 g/mol. The van der Waals surface area contributed by atoms with Gasteiger partial charge in [-0.1, -0.05) is 0 Å². The average Bonchev–Trinajstić information content (AvgIpc) is 2.96. The molecule has 0 spiro atoms. The molecule has 4 nitrogen and oxygen atoms in total. The van der Waals surface area contributed by atoms with Gasteiger partial charge in [-0.2, -0.15) is 0 Å². The molecule has 0 aromatic heterocycles. The summed E-state index contributed by atoms with van der Waals surface area (Å²) in [4.78, 5) is 0. The normalized spacial score (nSPS) is 20.8. The van der Waals surface area contributed by atoms with Crippen LogP contribution in [0.3, 0.4) is 0 Å². The van der Waals surface area contributed by atoms with Crippen LogP contribution in [0.5, 0.6) is 0 Å². The number of hydrogen-bond acceptors (Lipinski definition) is 4. The number of ether oxygens (including phenoxy) is 2. The fraction of sp³-hybridized carbons (Fsp3) is 1.00. The van der Waals surface area contributed by atoms with E-state index in [-0.39, 0.29) is 0 Å². The van der Waals surface area contributed by atoms with Crippen molar-refractivity contribution in [2.24, 2.45) is 5.92 Å². The van der Waals surface area contributed by atoms with Crippen LogP contribution < -0.4 is 5.32 Å². The van der Waals surface area contributed by atoms with Crippen molar-refractivity contribution in [2.45, 2.75) is 18.4 Å². The van der Waals surface area contributed by atoms with Crippen molar-refractivity contribution in [2.75, 3.05) is 40.5 Å². The number of aliphatic hydroxyl groups is 1. The SMILES string of the molecule is COCCNCC(O)(COC)C1CC1. The van der Waals surface area contributed by atoms with Crippen molar-refractivity contribution < 1.29 is 14.6 Å². The fourth-order valence-corrected chi connectivity index (χ4v) is 1.66. The molecule has 4 heteroatoms. The van der Waals surface area contributed by atoms with E-state index in [9.17, 15) is 5.11 Å². The first kappa shape index (κ1) is 11.9. The zero-order valence-corrected chi connectivity index (χ0v) is 9.08. The Morgan fingerprint density at radius 3 is 2.57 bits per heavy atom. The second-order valence-corrected chi connectivity index (χ2v) is 3.98. The Hall–Kier alpha value is -0.160. The van der Waals surface area contributed by atoms with E-state index in [1.807, 2.05) is 0 Å². The Balaban J connectivity index is 2.21. The minimum atomic E-state index is -0.678. The summed E-state index contributed by atoms with van der Waals surface area (Å²) >= 11 is 0. The Labute approximate surface area is 85.6 Å². The third kappa shape index (κ3) is 3.53. The van der Waals surface area contributed by atoms with E-state index in [1.54, 1.807) is 14.2 Å². The molecule has 2 N–H and O–H groups in total. The van der Waals surface area contributed by atoms with E-state index in [1.165, 1.54) is 0 Å². The molecule has 1 rings (SSSR count). The Bertz CT molecular complexity index is 161. The molecule has 1 unspecified atom stereocenters. The summed E-state index contributed by atoms with van der Waals surface area (Å²) < 4.78 is 9.96. The van der Waals surface area contributed by atoms with Gasteiger partial charge in [0.05, 0.1) is 13.2 Å². The smallest absolute Gasteiger partial charge is 0.103 e. The first-order chi connectivity index (χ1) is 6.73. The van der Waals surface area contributed by atoms with Crippen molar-refractivity contribution >= 4 is 0 Å². The summed E-state index contributed by atoms with van der Waals surface area (Å²) in [6.07, 6.45) is 2.23. The minimum Gasteiger partial charge on any atom is -0.386 e. The first-order valence-corrected chi connectivity index (χ1v) is 5.14. The van der Waals surface area contributed by atoms with Gasteiger partial charge in [0.2, 0.25) is 0 Å². The summed E-state index contributed by atoms with van der Waals surface area (Å²) in [7, 11) is 3.30. The number of rotatable bonds is 8. The van der Waals surface area contributed by atoms with Gasteiger partial charge in [-0.05, 0) is 18.8 Å². The van der Waals surface area contributed by atoms with Gasteiger partial charge in [-0.25, -0.2) is 0 Å². The second kappa shape index (κ2) is 5.66. The molecule has 84 valence electrons. The van der Waals surface area contributed by atoms with Gasteiger partial charge in [0.15, 0.2) is 0 Å². The van der Waals surface area contributed by atoms with Gasteiger partial charge < -0.3 is 19.9 Å². The monoisotopic (exact) mass is 203 g/mol. The molecule has 0 bridgehead atoms. The molecule has 14 heavy (non-hydrogen) atoms. The van der Waals surface area contributed by atoms with Crippen LogP contribution in [0.2, 0.25) is 0 Å². The molecule has 1 aliphatic rings. The Kier molecular flexibility index (Phi) is 4.81. The lowest BCUT2D eigenvalue weighted by Crippen LogP contribution is -2.47. The van der Waals surface area contributed by atoms with Crippen molar-refractivity contribution in [3.8, 4) is 0 Å². The summed E-state index contributed by atoms with van der Waals surface area (Å²) in [5.74, 6) is 0.414. The third-order valence-corrected chi connectivity index (χ3v) is 2.65. The lowest BCUT2D eigenvalue weighted by atomic mass is 9.99. The highest BCUT2D eigenvalue weighted by Gasteiger charge is 2.43. The van der Waals surface area contributed by atoms with Crippen LogP contribution >= 0.6 is 0 Å². The van der Waals surface area contributed by atoms with Gasteiger partial charge in [0.1, 0.15) is 5.60 Å². The first-order valence-electron chi connectivity index (χ1n) is 5.14. The number of hydrogen-bond donors (Lipinski definition) is 2. The Morgan fingerprint density at radius 2 is 2.07 bits per heavy atom. The molecule has 0 saturated heterocycles. The summed E-state index contributed by atoms with van der Waals surface area (Å²) in [6.45, 7) is 2.45. The minimum absolute atomic E-state index is 0.414. The molecule has 1 aliphatic carbocycles. The van der Waals surface area contributed by atoms with Crippen LogP contribution in [0.4, 0.5) is 0 Å². The lowest BCUT2D eigenvalue weighted by Gasteiger charge is -2.27. The highest BCUT2D eigenvalue weighted by molar-refractivity contribution is 4.96. The van der Waals surface area contributed by atoms with Gasteiger partial charge >= 0.3 is 0 Å². The van der Waals surface area contributed by atoms with Gasteiger partial charge in [-0.3, -0.25) is 0 Å². The average molecular weight is 203 g/mol. The van der Waals surface area contributed by atoms with Crippen LogP contribution in [0, 0.1) is 5.92 Å². The topological polar surface area (TPSA) is 50.7 Å². The molecule has 0 aromatic rings. The number of nitrogens with one attached hydrogen (secondary N) is 1. The van der Waals surface area contributed by atoms with E-state index in [0.29, 0.717) is 25.7 Å². The maximum Gasteiger partial charge on any atom is 0.103 e. The lowest BCUT2D eigenvalue weighted by molar-refractivity contribution is -0.0468. The molecule has 0 aromatic carbocycles. The predicted octanol–water partition coefficient (Wildman–Crippen LogP) is 0.00990. The molecule has 0 aliphatic heterocycles. The van der Waals surface area contributed by atoms with E-state index in [0.717, 1.165) is 19.4 Å². The standard InChI is InChI=1S/C10H21NO3/c1-13-6-5-11-7-10(12,8-14-2)9-3-4-9/h9,11-12H,3-8H2,1-2H3. The third-order valence-electron chi connectivity index (χ3n) is 2.65. The van der Waals surface area contributed by atoms with E-state index < -0.39 is 5.60 Å². The van der Waals surface area contributed by atoms with Gasteiger partial charge in [0.25, 0.3) is 0 Å². The van der Waals surface area contributed by atoms with Crippen LogP contribution in [0.15, 0.2) is 0 Å². The van der Waals surface area contributed by atoms with Crippen molar-refractivity contribution in [3.63, 3.8) is 0 Å². The Morgan fingerprint density at radius 1 is 1.36 bits per heavy atom. The van der Waals surface area contributed by atoms with Crippen LogP contribution in [-0.2, 0) is 9.47 Å². The molecular formula is C10H21NO3. The van der Waals surface area contributed by atoms with Crippen molar-refractivity contribution in [1.82, 2.24) is 5.32 Å². The maximum absolute atomic E-state index is 10.2. The highest BCUT2D eigenvalue weighted by atomic mass is 16.5. The fourth-order valence-electron chi connectivity index (χ4n) is 1.66. The largest absolute Gasteiger partial charge is 0.386 e. The highest BCUT2D eigenvalue weighted by Crippen LogP contribution is 2.39. The zero-order valence-electron chi connectivity index (χ0n) is 9.08. The van der Waals surface area contributed by atoms with Gasteiger partial charge in [0, 0.05) is 27.3 Å². The van der Waals surface area contributed by atoms with Gasteiger partial charge in [-0.15, -0.1) is 0 Å². The molecule has 1 atom stereocenters. The quantitative estimate of drug-likeness (QED) is 0.546. The number of methoxy groups -OCH3 is 2. The van der Waals surface area contributed by atoms with Crippen molar-refractivity contribution in [1.29, 1.82) is 0 Å². The zero-order chi connectivity index (χ0) is 10.4. The maximum atomic E-state index is 10.2.